The molecule has 2 rings (SSSR count). The van der Waals surface area contributed by atoms with E-state index in [1.807, 2.05) is 0 Å². The molecule has 0 saturated heterocycles. The lowest BCUT2D eigenvalue weighted by molar-refractivity contribution is 0.623. The predicted octanol–water partition coefficient (Wildman–Crippen LogP) is 2.53. The summed E-state index contributed by atoms with van der Waals surface area (Å²) < 4.78 is 13.4. The molecule has 0 amide bonds. The maximum Gasteiger partial charge on any atom is 0.138 e. The molecular formula is C8H4BrFN2. The van der Waals surface area contributed by atoms with Gasteiger partial charge < -0.3 is 0 Å². The molecule has 0 atom stereocenters. The van der Waals surface area contributed by atoms with Crippen molar-refractivity contribution in [2.45, 2.75) is 0 Å². The van der Waals surface area contributed by atoms with Crippen molar-refractivity contribution in [3.8, 4) is 0 Å². The van der Waals surface area contributed by atoms with Crippen molar-refractivity contribution in [1.82, 2.24) is 10.2 Å². The Hall–Kier alpha value is -1.03. The van der Waals surface area contributed by atoms with Gasteiger partial charge in [0.1, 0.15) is 5.82 Å². The molecule has 12 heavy (non-hydrogen) atoms. The van der Waals surface area contributed by atoms with E-state index in [1.165, 1.54) is 12.3 Å². The van der Waals surface area contributed by atoms with Crippen LogP contribution in [0.25, 0.3) is 10.9 Å². The third-order valence-electron chi connectivity index (χ3n) is 1.56. The van der Waals surface area contributed by atoms with E-state index in [9.17, 15) is 4.39 Å². The minimum absolute atomic E-state index is 0.282. The molecule has 1 aromatic heterocycles. The fourth-order valence-corrected chi connectivity index (χ4v) is 1.31. The molecule has 0 bridgehead atoms. The number of rotatable bonds is 0. The maximum absolute atomic E-state index is 13.0. The van der Waals surface area contributed by atoms with Crippen LogP contribution in [0.1, 0.15) is 0 Å². The monoisotopic (exact) mass is 226 g/mol. The Bertz CT molecular complexity index is 390. The first-order valence-electron chi connectivity index (χ1n) is 3.34. The quantitative estimate of drug-likeness (QED) is 0.691. The van der Waals surface area contributed by atoms with Crippen LogP contribution in [0.15, 0.2) is 28.9 Å². The minimum atomic E-state index is -0.282. The minimum Gasteiger partial charge on any atom is -0.206 e. The fourth-order valence-electron chi connectivity index (χ4n) is 0.981. The number of hydrogen-bond donors (Lipinski definition) is 0. The van der Waals surface area contributed by atoms with Crippen molar-refractivity contribution in [3.63, 3.8) is 0 Å². The largest absolute Gasteiger partial charge is 0.206 e. The summed E-state index contributed by atoms with van der Waals surface area (Å²) in [7, 11) is 0. The van der Waals surface area contributed by atoms with Gasteiger partial charge in [-0.05, 0) is 34.1 Å². The Kier molecular flexibility index (Phi) is 1.77. The average molecular weight is 227 g/mol. The van der Waals surface area contributed by atoms with Gasteiger partial charge in [0.15, 0.2) is 0 Å². The molecule has 0 unspecified atom stereocenters. The topological polar surface area (TPSA) is 25.8 Å². The molecule has 0 spiro atoms. The second-order valence-corrected chi connectivity index (χ2v) is 3.21. The van der Waals surface area contributed by atoms with Crippen molar-refractivity contribution < 1.29 is 4.39 Å². The Labute approximate surface area is 76.6 Å². The van der Waals surface area contributed by atoms with Crippen LogP contribution < -0.4 is 0 Å². The average Bonchev–Trinajstić information content (AvgIpc) is 2.07. The summed E-state index contributed by atoms with van der Waals surface area (Å²) in [5, 5.41) is 8.28. The fraction of sp³-hybridized carbons (Fsp3) is 0. The highest BCUT2D eigenvalue weighted by Gasteiger charge is 2.01. The summed E-state index contributed by atoms with van der Waals surface area (Å²) >= 11 is 3.07. The number of aromatic nitrogens is 2. The van der Waals surface area contributed by atoms with Gasteiger partial charge in [0.25, 0.3) is 0 Å². The second kappa shape index (κ2) is 2.79. The van der Waals surface area contributed by atoms with Gasteiger partial charge in [-0.15, -0.1) is 0 Å². The Morgan fingerprint density at radius 2 is 2.17 bits per heavy atom. The molecule has 0 saturated carbocycles. The lowest BCUT2D eigenvalue weighted by Crippen LogP contribution is -1.84. The molecule has 0 N–H and O–H groups in total. The van der Waals surface area contributed by atoms with Crippen molar-refractivity contribution in [2.75, 3.05) is 0 Å². The van der Waals surface area contributed by atoms with E-state index in [0.29, 0.717) is 9.99 Å². The first-order valence-corrected chi connectivity index (χ1v) is 4.13. The van der Waals surface area contributed by atoms with E-state index in [0.717, 1.165) is 5.39 Å². The van der Waals surface area contributed by atoms with E-state index in [-0.39, 0.29) is 5.82 Å². The van der Waals surface area contributed by atoms with Crippen molar-refractivity contribution >= 4 is 26.8 Å². The Morgan fingerprint density at radius 1 is 1.33 bits per heavy atom. The van der Waals surface area contributed by atoms with Crippen LogP contribution in [0.2, 0.25) is 0 Å². The van der Waals surface area contributed by atoms with Crippen LogP contribution >= 0.6 is 15.9 Å². The first-order chi connectivity index (χ1) is 5.77. The summed E-state index contributed by atoms with van der Waals surface area (Å²) in [6, 6.07) is 4.75. The van der Waals surface area contributed by atoms with E-state index in [1.54, 1.807) is 12.1 Å². The smallest absolute Gasteiger partial charge is 0.138 e. The highest BCUT2D eigenvalue weighted by atomic mass is 79.9. The van der Waals surface area contributed by atoms with Gasteiger partial charge in [0.2, 0.25) is 0 Å². The SMILES string of the molecule is Fc1cc2ccnnc2cc1Br. The van der Waals surface area contributed by atoms with Crippen LogP contribution in [0.3, 0.4) is 0 Å². The van der Waals surface area contributed by atoms with Crippen molar-refractivity contribution in [2.24, 2.45) is 0 Å². The summed E-state index contributed by atoms with van der Waals surface area (Å²) in [6.07, 6.45) is 1.54. The molecule has 2 nitrogen and oxygen atoms in total. The van der Waals surface area contributed by atoms with Crippen molar-refractivity contribution in [3.05, 3.63) is 34.7 Å². The highest BCUT2D eigenvalue weighted by molar-refractivity contribution is 9.10. The molecule has 0 aliphatic rings. The van der Waals surface area contributed by atoms with E-state index in [2.05, 4.69) is 26.1 Å². The molecule has 2 aromatic rings. The molecule has 1 heterocycles. The number of benzene rings is 1. The van der Waals surface area contributed by atoms with Crippen LogP contribution in [0.5, 0.6) is 0 Å². The van der Waals surface area contributed by atoms with Gasteiger partial charge in [0, 0.05) is 5.39 Å². The maximum atomic E-state index is 13.0. The van der Waals surface area contributed by atoms with Crippen LogP contribution in [-0.2, 0) is 0 Å². The number of fused-ring (bicyclic) bond motifs is 1. The Morgan fingerprint density at radius 3 is 3.00 bits per heavy atom. The number of nitrogens with zero attached hydrogens (tertiary/aromatic N) is 2. The van der Waals surface area contributed by atoms with E-state index >= 15 is 0 Å². The third-order valence-corrected chi connectivity index (χ3v) is 2.16. The van der Waals surface area contributed by atoms with Gasteiger partial charge in [-0.25, -0.2) is 4.39 Å². The van der Waals surface area contributed by atoms with E-state index < -0.39 is 0 Å². The van der Waals surface area contributed by atoms with Crippen LogP contribution in [-0.4, -0.2) is 10.2 Å². The summed E-state index contributed by atoms with van der Waals surface area (Å²) in [6.45, 7) is 0. The standard InChI is InChI=1S/C8H4BrFN2/c9-6-4-8-5(3-7(6)10)1-2-11-12-8/h1-4H. The zero-order chi connectivity index (χ0) is 8.55. The molecular weight excluding hydrogens is 223 g/mol. The molecule has 4 heteroatoms. The third kappa shape index (κ3) is 1.18. The van der Waals surface area contributed by atoms with E-state index in [4.69, 9.17) is 0 Å². The highest BCUT2D eigenvalue weighted by Crippen LogP contribution is 2.20. The zero-order valence-corrected chi connectivity index (χ0v) is 7.55. The van der Waals surface area contributed by atoms with Gasteiger partial charge in [0.05, 0.1) is 16.2 Å². The molecule has 0 fully saturated rings. The summed E-state index contributed by atoms with van der Waals surface area (Å²) in [4.78, 5) is 0. The summed E-state index contributed by atoms with van der Waals surface area (Å²) in [5.74, 6) is -0.282. The van der Waals surface area contributed by atoms with Crippen LogP contribution in [0, 0.1) is 5.82 Å². The normalized spacial score (nSPS) is 10.5. The lowest BCUT2D eigenvalue weighted by atomic mass is 10.2. The van der Waals surface area contributed by atoms with Gasteiger partial charge >= 0.3 is 0 Å². The van der Waals surface area contributed by atoms with Crippen LogP contribution in [0.4, 0.5) is 4.39 Å². The molecule has 0 aliphatic carbocycles. The van der Waals surface area contributed by atoms with Gasteiger partial charge in [-0.1, -0.05) is 0 Å². The zero-order valence-electron chi connectivity index (χ0n) is 5.96. The lowest BCUT2D eigenvalue weighted by Gasteiger charge is -1.96. The molecule has 0 aliphatic heterocycles. The molecule has 1 aromatic carbocycles. The van der Waals surface area contributed by atoms with Crippen molar-refractivity contribution in [1.29, 1.82) is 0 Å². The second-order valence-electron chi connectivity index (χ2n) is 2.36. The molecule has 0 radical (unpaired) electrons. The first kappa shape index (κ1) is 7.61. The predicted molar refractivity (Wildman–Crippen MR) is 47.2 cm³/mol. The van der Waals surface area contributed by atoms with Gasteiger partial charge in [-0.2, -0.15) is 10.2 Å². The summed E-state index contributed by atoms with van der Waals surface area (Å²) in [5.41, 5.74) is 0.686. The number of hydrogen-bond acceptors (Lipinski definition) is 2. The van der Waals surface area contributed by atoms with Gasteiger partial charge in [-0.3, -0.25) is 0 Å². The Balaban J connectivity index is 2.84. The molecule has 60 valence electrons. The number of halogens is 2.